The first-order valence-electron chi connectivity index (χ1n) is 11.9. The molecule has 3 rings (SSSR count). The molecule has 2 aliphatic heterocycles. The highest BCUT2D eigenvalue weighted by Crippen LogP contribution is 2.63. The fourth-order valence-electron chi connectivity index (χ4n) is 5.96. The van der Waals surface area contributed by atoms with E-state index in [1.54, 1.807) is 0 Å². The predicted octanol–water partition coefficient (Wildman–Crippen LogP) is 7.59. The first-order chi connectivity index (χ1) is 13.2. The monoisotopic (exact) mass is 418 g/mol. The van der Waals surface area contributed by atoms with Crippen LogP contribution < -0.4 is 10.6 Å². The second-order valence-electron chi connectivity index (χ2n) is 10.7. The van der Waals surface area contributed by atoms with Gasteiger partial charge in [0.2, 0.25) is 0 Å². The molecular formula is C26H44P2. The lowest BCUT2D eigenvalue weighted by atomic mass is 10.0. The van der Waals surface area contributed by atoms with Crippen LogP contribution in [-0.4, -0.2) is 22.6 Å². The number of hydrogen-bond donors (Lipinski definition) is 0. The quantitative estimate of drug-likeness (QED) is 0.418. The van der Waals surface area contributed by atoms with Crippen LogP contribution in [0.25, 0.3) is 0 Å². The summed E-state index contributed by atoms with van der Waals surface area (Å²) in [6.07, 6.45) is 5.83. The Kier molecular flexibility index (Phi) is 7.70. The van der Waals surface area contributed by atoms with Crippen LogP contribution in [0.5, 0.6) is 0 Å². The molecule has 4 atom stereocenters. The SMILES string of the molecule is CC(C)[C@H]1CC[C@H](C(C)C)P1c1ccccc1P1[C@H](C(C)C)CC[C@H]1C(C)C. The molecule has 0 spiro atoms. The van der Waals surface area contributed by atoms with Crippen LogP contribution in [0.2, 0.25) is 0 Å². The summed E-state index contributed by atoms with van der Waals surface area (Å²) in [6, 6.07) is 9.86. The Labute approximate surface area is 178 Å². The van der Waals surface area contributed by atoms with Crippen molar-refractivity contribution in [2.75, 3.05) is 0 Å². The molecule has 0 radical (unpaired) electrons. The Morgan fingerprint density at radius 1 is 0.536 bits per heavy atom. The van der Waals surface area contributed by atoms with Crippen LogP contribution in [0, 0.1) is 23.7 Å². The van der Waals surface area contributed by atoms with Crippen molar-refractivity contribution < 1.29 is 0 Å². The first kappa shape index (κ1) is 22.8. The maximum Gasteiger partial charge on any atom is -0.0143 e. The van der Waals surface area contributed by atoms with Crippen LogP contribution in [0.3, 0.4) is 0 Å². The standard InChI is InChI=1S/C26H44P2/c1-17(2)21-13-14-22(18(3)4)27(21)25-11-9-10-12-26(25)28-23(19(5)6)15-16-24(28)20(7)8/h9-12,17-24H,13-16H2,1-8H3/t21-,22-,23+,24+. The Balaban J connectivity index is 2.08. The molecular weight excluding hydrogens is 374 g/mol. The summed E-state index contributed by atoms with van der Waals surface area (Å²) in [5.74, 6) is 3.28. The fourth-order valence-corrected chi connectivity index (χ4v) is 14.5. The van der Waals surface area contributed by atoms with E-state index < -0.39 is 0 Å². The highest BCUT2D eigenvalue weighted by Gasteiger charge is 2.44. The molecule has 0 N–H and O–H groups in total. The summed E-state index contributed by atoms with van der Waals surface area (Å²) in [4.78, 5) is 0. The van der Waals surface area contributed by atoms with Gasteiger partial charge in [0.05, 0.1) is 0 Å². The number of hydrogen-bond acceptors (Lipinski definition) is 0. The van der Waals surface area contributed by atoms with Gasteiger partial charge in [0, 0.05) is 0 Å². The largest absolute Gasteiger partial charge is 0.0677 e. The summed E-state index contributed by atoms with van der Waals surface area (Å²) in [5.41, 5.74) is 3.71. The van der Waals surface area contributed by atoms with Gasteiger partial charge in [0.25, 0.3) is 0 Å². The maximum absolute atomic E-state index is 2.58. The second-order valence-corrected chi connectivity index (χ2v) is 15.9. The highest BCUT2D eigenvalue weighted by atomic mass is 31.1. The van der Waals surface area contributed by atoms with Crippen molar-refractivity contribution in [1.29, 1.82) is 0 Å². The van der Waals surface area contributed by atoms with E-state index in [0.717, 1.165) is 46.3 Å². The zero-order valence-electron chi connectivity index (χ0n) is 19.7. The Bertz CT molecular complexity index is 546. The number of rotatable bonds is 6. The zero-order chi connectivity index (χ0) is 20.6. The summed E-state index contributed by atoms with van der Waals surface area (Å²) < 4.78 is 0. The summed E-state index contributed by atoms with van der Waals surface area (Å²) in [7, 11) is -0.0867. The molecule has 28 heavy (non-hydrogen) atoms. The van der Waals surface area contributed by atoms with E-state index in [2.05, 4.69) is 79.7 Å². The molecule has 2 aliphatic rings. The Morgan fingerprint density at radius 2 is 0.786 bits per heavy atom. The van der Waals surface area contributed by atoms with Crippen molar-refractivity contribution in [2.45, 2.75) is 104 Å². The van der Waals surface area contributed by atoms with Crippen LogP contribution in [0.1, 0.15) is 81.1 Å². The molecule has 0 nitrogen and oxygen atoms in total. The highest BCUT2D eigenvalue weighted by molar-refractivity contribution is 7.73. The third-order valence-electron chi connectivity index (χ3n) is 7.46. The van der Waals surface area contributed by atoms with Crippen molar-refractivity contribution in [1.82, 2.24) is 0 Å². The van der Waals surface area contributed by atoms with Gasteiger partial charge in [-0.05, 0) is 82.6 Å². The lowest BCUT2D eigenvalue weighted by Crippen LogP contribution is -2.34. The molecule has 2 heterocycles. The van der Waals surface area contributed by atoms with Gasteiger partial charge in [-0.2, -0.15) is 0 Å². The van der Waals surface area contributed by atoms with Crippen LogP contribution in [-0.2, 0) is 0 Å². The topological polar surface area (TPSA) is 0 Å². The van der Waals surface area contributed by atoms with Crippen LogP contribution in [0.15, 0.2) is 24.3 Å². The summed E-state index contributed by atoms with van der Waals surface area (Å²) in [5, 5.41) is 3.66. The van der Waals surface area contributed by atoms with Gasteiger partial charge in [-0.25, -0.2) is 0 Å². The predicted molar refractivity (Wildman–Crippen MR) is 133 cm³/mol. The Morgan fingerprint density at radius 3 is 1.00 bits per heavy atom. The molecule has 0 bridgehead atoms. The molecule has 0 aliphatic carbocycles. The van der Waals surface area contributed by atoms with E-state index in [1.165, 1.54) is 25.7 Å². The molecule has 0 aromatic heterocycles. The van der Waals surface area contributed by atoms with Gasteiger partial charge in [0.1, 0.15) is 0 Å². The van der Waals surface area contributed by atoms with Crippen LogP contribution >= 0.6 is 15.8 Å². The third-order valence-corrected chi connectivity index (χ3v) is 15.8. The fraction of sp³-hybridized carbons (Fsp3) is 0.769. The van der Waals surface area contributed by atoms with E-state index >= 15 is 0 Å². The van der Waals surface area contributed by atoms with E-state index in [-0.39, 0.29) is 15.8 Å². The first-order valence-corrected chi connectivity index (χ1v) is 14.9. The minimum absolute atomic E-state index is 0.0433. The lowest BCUT2D eigenvalue weighted by Gasteiger charge is -2.37. The minimum atomic E-state index is -0.0433. The summed E-state index contributed by atoms with van der Waals surface area (Å²) in [6.45, 7) is 19.9. The summed E-state index contributed by atoms with van der Waals surface area (Å²) >= 11 is 0. The normalized spacial score (nSPS) is 29.9. The average Bonchev–Trinajstić information content (AvgIpc) is 3.26. The Hall–Kier alpha value is 0.0800. The van der Waals surface area contributed by atoms with Crippen molar-refractivity contribution in [3.8, 4) is 0 Å². The molecule has 1 aromatic carbocycles. The molecule has 158 valence electrons. The van der Waals surface area contributed by atoms with Gasteiger partial charge in [0.15, 0.2) is 0 Å². The van der Waals surface area contributed by atoms with Gasteiger partial charge in [-0.3, -0.25) is 0 Å². The van der Waals surface area contributed by atoms with E-state index in [0.29, 0.717) is 0 Å². The lowest BCUT2D eigenvalue weighted by molar-refractivity contribution is 0.543. The molecule has 0 unspecified atom stereocenters. The second kappa shape index (κ2) is 9.48. The molecule has 1 aromatic rings. The van der Waals surface area contributed by atoms with Crippen molar-refractivity contribution >= 4 is 26.5 Å². The van der Waals surface area contributed by atoms with Gasteiger partial charge >= 0.3 is 0 Å². The van der Waals surface area contributed by atoms with Gasteiger partial charge < -0.3 is 0 Å². The van der Waals surface area contributed by atoms with Crippen molar-refractivity contribution in [3.63, 3.8) is 0 Å². The molecule has 2 heteroatoms. The molecule has 2 saturated heterocycles. The minimum Gasteiger partial charge on any atom is -0.0677 e. The smallest absolute Gasteiger partial charge is 0.0143 e. The maximum atomic E-state index is 2.58. The van der Waals surface area contributed by atoms with Crippen molar-refractivity contribution in [2.24, 2.45) is 23.7 Å². The zero-order valence-corrected chi connectivity index (χ0v) is 21.4. The molecule has 2 fully saturated rings. The average molecular weight is 419 g/mol. The van der Waals surface area contributed by atoms with Crippen molar-refractivity contribution in [3.05, 3.63) is 24.3 Å². The molecule has 0 amide bonds. The van der Waals surface area contributed by atoms with Gasteiger partial charge in [-0.15, -0.1) is 0 Å². The molecule has 0 saturated carbocycles. The van der Waals surface area contributed by atoms with Gasteiger partial charge in [-0.1, -0.05) is 95.5 Å². The van der Waals surface area contributed by atoms with E-state index in [4.69, 9.17) is 0 Å². The van der Waals surface area contributed by atoms with E-state index in [9.17, 15) is 0 Å². The third kappa shape index (κ3) is 4.40. The van der Waals surface area contributed by atoms with E-state index in [1.807, 2.05) is 10.6 Å². The van der Waals surface area contributed by atoms with Crippen LogP contribution in [0.4, 0.5) is 0 Å². The number of benzene rings is 1.